The summed E-state index contributed by atoms with van der Waals surface area (Å²) in [5.41, 5.74) is 0. The van der Waals surface area contributed by atoms with Crippen LogP contribution in [-0.4, -0.2) is 12.8 Å². The highest BCUT2D eigenvalue weighted by Crippen LogP contribution is 2.10. The first-order chi connectivity index (χ1) is 9.33. The third kappa shape index (κ3) is 9.39. The van der Waals surface area contributed by atoms with Gasteiger partial charge in [0.2, 0.25) is 0 Å². The van der Waals surface area contributed by atoms with Gasteiger partial charge in [0.25, 0.3) is 0 Å². The molecule has 3 N–H and O–H groups in total. The van der Waals surface area contributed by atoms with Gasteiger partial charge in [0.15, 0.2) is 0 Å². The van der Waals surface area contributed by atoms with Gasteiger partial charge in [0, 0.05) is 0 Å². The molecule has 0 saturated heterocycles. The lowest BCUT2D eigenvalue weighted by atomic mass is 10.1. The lowest BCUT2D eigenvalue weighted by molar-refractivity contribution is 0.0973. The minimum atomic E-state index is -0.614. The summed E-state index contributed by atoms with van der Waals surface area (Å²) >= 11 is 0. The number of carbonyl (C=O) groups is 1. The van der Waals surface area contributed by atoms with Gasteiger partial charge in [-0.2, -0.15) is 0 Å². The van der Waals surface area contributed by atoms with E-state index in [9.17, 15) is 4.79 Å². The zero-order valence-corrected chi connectivity index (χ0v) is 12.5. The van der Waals surface area contributed by atoms with Crippen molar-refractivity contribution in [3.8, 4) is 5.75 Å². The van der Waals surface area contributed by atoms with Crippen molar-refractivity contribution in [2.75, 3.05) is 6.61 Å². The van der Waals surface area contributed by atoms with Crippen LogP contribution >= 0.6 is 0 Å². The summed E-state index contributed by atoms with van der Waals surface area (Å²) in [6.07, 6.45) is 7.82. The van der Waals surface area contributed by atoms with E-state index in [2.05, 4.69) is 6.92 Å². The molecular weight excluding hydrogens is 254 g/mol. The van der Waals surface area contributed by atoms with Crippen molar-refractivity contribution in [2.45, 2.75) is 51.9 Å². The number of rotatable bonds is 9. The highest BCUT2D eigenvalue weighted by Gasteiger charge is 2.04. The predicted molar refractivity (Wildman–Crippen MR) is 81.4 cm³/mol. The van der Waals surface area contributed by atoms with Gasteiger partial charge >= 0.3 is 6.16 Å². The highest BCUT2D eigenvalue weighted by atomic mass is 16.7. The molecule has 0 amide bonds. The molecule has 4 heteroatoms. The largest absolute Gasteiger partial charge is 0.513 e. The second-order valence-corrected chi connectivity index (χ2v) is 4.63. The van der Waals surface area contributed by atoms with Crippen LogP contribution < -0.4 is 10.9 Å². The molecule has 4 nitrogen and oxygen atoms in total. The van der Waals surface area contributed by atoms with Gasteiger partial charge in [-0.15, -0.1) is 0 Å². The number of unbranched alkanes of at least 4 members (excludes halogenated alkanes) is 6. The number of carbonyl (C=O) groups excluding carboxylic acids is 1. The summed E-state index contributed by atoms with van der Waals surface area (Å²) in [6, 6.07) is 8.97. The van der Waals surface area contributed by atoms with Gasteiger partial charge in [-0.05, 0) is 18.6 Å². The first-order valence-electron chi connectivity index (χ1n) is 7.22. The van der Waals surface area contributed by atoms with Crippen molar-refractivity contribution < 1.29 is 14.3 Å². The number of hydrogen-bond donors (Lipinski definition) is 1. The van der Waals surface area contributed by atoms with Crippen LogP contribution in [0.3, 0.4) is 0 Å². The minimum Gasteiger partial charge on any atom is -0.434 e. The van der Waals surface area contributed by atoms with Gasteiger partial charge in [-0.1, -0.05) is 63.6 Å². The van der Waals surface area contributed by atoms with Crippen LogP contribution in [0.5, 0.6) is 5.75 Å². The lowest BCUT2D eigenvalue weighted by Gasteiger charge is -2.05. The Kier molecular flexibility index (Phi) is 11.5. The van der Waals surface area contributed by atoms with Crippen molar-refractivity contribution in [1.29, 1.82) is 0 Å². The summed E-state index contributed by atoms with van der Waals surface area (Å²) in [7, 11) is 0. The van der Waals surface area contributed by atoms with Gasteiger partial charge in [0.1, 0.15) is 5.75 Å². The summed E-state index contributed by atoms with van der Waals surface area (Å²) in [6.45, 7) is 2.66. The molecule has 0 radical (unpaired) electrons. The highest BCUT2D eigenvalue weighted by molar-refractivity contribution is 5.63. The molecule has 0 fully saturated rings. The van der Waals surface area contributed by atoms with E-state index < -0.39 is 6.16 Å². The quantitative estimate of drug-likeness (QED) is 0.387. The molecule has 114 valence electrons. The molecular formula is C16H27NO3. The van der Waals surface area contributed by atoms with E-state index in [1.165, 1.54) is 32.1 Å². The van der Waals surface area contributed by atoms with Crippen molar-refractivity contribution in [3.63, 3.8) is 0 Å². The maximum Gasteiger partial charge on any atom is 0.513 e. The van der Waals surface area contributed by atoms with Gasteiger partial charge in [-0.25, -0.2) is 4.79 Å². The Morgan fingerprint density at radius 2 is 1.55 bits per heavy atom. The summed E-state index contributed by atoms with van der Waals surface area (Å²) in [5.74, 6) is 0.520. The first kappa shape index (κ1) is 18.4. The Morgan fingerprint density at radius 1 is 0.950 bits per heavy atom. The molecule has 0 saturated carbocycles. The van der Waals surface area contributed by atoms with E-state index in [-0.39, 0.29) is 6.15 Å². The van der Waals surface area contributed by atoms with Gasteiger partial charge < -0.3 is 15.6 Å². The third-order valence-electron chi connectivity index (χ3n) is 2.91. The van der Waals surface area contributed by atoms with Crippen molar-refractivity contribution >= 4 is 6.16 Å². The van der Waals surface area contributed by atoms with E-state index in [0.29, 0.717) is 12.4 Å². The molecule has 20 heavy (non-hydrogen) atoms. The predicted octanol–water partition coefficient (Wildman–Crippen LogP) is 5.11. The van der Waals surface area contributed by atoms with Gasteiger partial charge in [0.05, 0.1) is 6.61 Å². The Labute approximate surface area is 122 Å². The number of hydrogen-bond acceptors (Lipinski definition) is 4. The van der Waals surface area contributed by atoms with E-state index in [1.54, 1.807) is 12.1 Å². The van der Waals surface area contributed by atoms with Crippen LogP contribution in [0.1, 0.15) is 51.9 Å². The topological polar surface area (TPSA) is 70.5 Å². The molecule has 0 spiro atoms. The second-order valence-electron chi connectivity index (χ2n) is 4.63. The average Bonchev–Trinajstić information content (AvgIpc) is 2.43. The fraction of sp³-hybridized carbons (Fsp3) is 0.562. The van der Waals surface area contributed by atoms with Crippen molar-refractivity contribution in [3.05, 3.63) is 30.3 Å². The Balaban J connectivity index is 0.00000361. The van der Waals surface area contributed by atoms with Crippen LogP contribution in [0.25, 0.3) is 0 Å². The van der Waals surface area contributed by atoms with E-state index in [1.807, 2.05) is 18.2 Å². The van der Waals surface area contributed by atoms with Crippen LogP contribution in [0.4, 0.5) is 4.79 Å². The van der Waals surface area contributed by atoms with Crippen LogP contribution in [-0.2, 0) is 4.74 Å². The fourth-order valence-electron chi connectivity index (χ4n) is 1.83. The van der Waals surface area contributed by atoms with Crippen LogP contribution in [0.15, 0.2) is 30.3 Å². The molecule has 0 aliphatic heterocycles. The Hall–Kier alpha value is -1.55. The molecule has 1 aromatic rings. The second kappa shape index (κ2) is 12.5. The maximum absolute atomic E-state index is 11.3. The maximum atomic E-state index is 11.3. The molecule has 1 aromatic carbocycles. The third-order valence-corrected chi connectivity index (χ3v) is 2.91. The number of ether oxygens (including phenoxy) is 2. The summed E-state index contributed by atoms with van der Waals surface area (Å²) < 4.78 is 10.0. The number of para-hydroxylation sites is 1. The Bertz CT molecular complexity index is 341. The molecule has 0 bridgehead atoms. The smallest absolute Gasteiger partial charge is 0.434 e. The molecule has 0 aliphatic carbocycles. The monoisotopic (exact) mass is 281 g/mol. The minimum absolute atomic E-state index is 0. The zero-order valence-electron chi connectivity index (χ0n) is 12.5. The molecule has 0 unspecified atom stereocenters. The number of benzene rings is 1. The van der Waals surface area contributed by atoms with Gasteiger partial charge in [-0.3, -0.25) is 0 Å². The van der Waals surface area contributed by atoms with Crippen molar-refractivity contribution in [1.82, 2.24) is 6.15 Å². The van der Waals surface area contributed by atoms with Crippen molar-refractivity contribution in [2.24, 2.45) is 0 Å². The molecule has 1 rings (SSSR count). The molecule has 0 aromatic heterocycles. The molecule has 0 heterocycles. The molecule has 0 atom stereocenters. The summed E-state index contributed by atoms with van der Waals surface area (Å²) in [4.78, 5) is 11.3. The first-order valence-corrected chi connectivity index (χ1v) is 7.22. The average molecular weight is 281 g/mol. The zero-order chi connectivity index (χ0) is 13.8. The van der Waals surface area contributed by atoms with E-state index >= 15 is 0 Å². The summed E-state index contributed by atoms with van der Waals surface area (Å²) in [5, 5.41) is 0. The van der Waals surface area contributed by atoms with Crippen LogP contribution in [0.2, 0.25) is 0 Å². The fourth-order valence-corrected chi connectivity index (χ4v) is 1.83. The lowest BCUT2D eigenvalue weighted by Crippen LogP contribution is -2.11. The van der Waals surface area contributed by atoms with E-state index in [4.69, 9.17) is 9.47 Å². The van der Waals surface area contributed by atoms with Crippen LogP contribution in [0, 0.1) is 0 Å². The molecule has 0 aliphatic rings. The Morgan fingerprint density at radius 3 is 2.20 bits per heavy atom. The SMILES string of the molecule is CCCCCCCCCOC(=O)Oc1ccccc1.N. The standard InChI is InChI=1S/C16H24O3.H3N/c1-2-3-4-5-6-7-11-14-18-16(17)19-15-12-9-8-10-13-15;/h8-10,12-13H,2-7,11,14H2,1H3;1H3. The normalized spacial score (nSPS) is 9.65. The van der Waals surface area contributed by atoms with E-state index in [0.717, 1.165) is 12.8 Å².